The molecule has 1 aliphatic rings. The molecule has 0 aliphatic carbocycles. The maximum Gasteiger partial charge on any atom is 0.201 e. The Morgan fingerprint density at radius 2 is 1.96 bits per heavy atom. The van der Waals surface area contributed by atoms with Crippen molar-refractivity contribution in [3.8, 4) is 23.0 Å². The molecule has 1 unspecified atom stereocenters. The Morgan fingerprint density at radius 3 is 2.61 bits per heavy atom. The molecule has 3 rings (SSSR count). The minimum Gasteiger partial charge on any atom is -0.504 e. The summed E-state index contributed by atoms with van der Waals surface area (Å²) in [5.41, 5.74) is 1.71. The van der Waals surface area contributed by atoms with Crippen molar-refractivity contribution in [2.75, 3.05) is 7.11 Å². The Morgan fingerprint density at radius 1 is 1.22 bits per heavy atom. The standard InChI is InChI=1S/C17H15ClO5/c1-8-3-9(5-10(18)4-8)12-6-11(19)15-13(23-12)7-14(22-2)16(20)17(15)21/h3-5,7,12,20-21H,6H2,1-2H3. The number of aryl methyl sites for hydroxylation is 1. The van der Waals surface area contributed by atoms with Crippen LogP contribution in [0.3, 0.4) is 0 Å². The van der Waals surface area contributed by atoms with E-state index in [1.807, 2.05) is 19.1 Å². The molecule has 2 N–H and O–H groups in total. The Hall–Kier alpha value is -2.40. The molecule has 6 heteroatoms. The van der Waals surface area contributed by atoms with E-state index in [2.05, 4.69) is 0 Å². The summed E-state index contributed by atoms with van der Waals surface area (Å²) in [5.74, 6) is -1.09. The monoisotopic (exact) mass is 334 g/mol. The van der Waals surface area contributed by atoms with E-state index in [4.69, 9.17) is 21.1 Å². The zero-order valence-corrected chi connectivity index (χ0v) is 13.3. The van der Waals surface area contributed by atoms with Gasteiger partial charge in [0.15, 0.2) is 17.3 Å². The van der Waals surface area contributed by atoms with Gasteiger partial charge in [0.05, 0.1) is 13.5 Å². The summed E-state index contributed by atoms with van der Waals surface area (Å²) in [7, 11) is 1.35. The predicted molar refractivity (Wildman–Crippen MR) is 84.8 cm³/mol. The molecule has 0 radical (unpaired) electrons. The van der Waals surface area contributed by atoms with Crippen molar-refractivity contribution in [1.29, 1.82) is 0 Å². The lowest BCUT2D eigenvalue weighted by atomic mass is 9.94. The van der Waals surface area contributed by atoms with Gasteiger partial charge in [0.2, 0.25) is 5.75 Å². The first kappa shape index (κ1) is 15.5. The third-order valence-electron chi connectivity index (χ3n) is 3.78. The Kier molecular flexibility index (Phi) is 3.82. The molecule has 1 atom stereocenters. The summed E-state index contributed by atoms with van der Waals surface area (Å²) in [6, 6.07) is 6.85. The zero-order chi connectivity index (χ0) is 16.7. The largest absolute Gasteiger partial charge is 0.504 e. The van der Waals surface area contributed by atoms with Crippen molar-refractivity contribution < 1.29 is 24.5 Å². The molecule has 2 aromatic rings. The number of benzene rings is 2. The first-order valence-corrected chi connectivity index (χ1v) is 7.38. The summed E-state index contributed by atoms with van der Waals surface area (Å²) >= 11 is 6.07. The van der Waals surface area contributed by atoms with Crippen LogP contribution in [0.2, 0.25) is 5.02 Å². The summed E-state index contributed by atoms with van der Waals surface area (Å²) in [6.07, 6.45) is -0.465. The van der Waals surface area contributed by atoms with Crippen LogP contribution in [0.4, 0.5) is 0 Å². The summed E-state index contributed by atoms with van der Waals surface area (Å²) in [4.78, 5) is 12.4. The fourth-order valence-corrected chi connectivity index (χ4v) is 3.03. The number of ketones is 1. The molecular formula is C17H15ClO5. The number of halogens is 1. The van der Waals surface area contributed by atoms with Crippen molar-refractivity contribution in [3.05, 3.63) is 46.0 Å². The van der Waals surface area contributed by atoms with Crippen LogP contribution >= 0.6 is 11.6 Å². The minimum absolute atomic E-state index is 0.0294. The van der Waals surface area contributed by atoms with Crippen LogP contribution in [0, 0.1) is 6.92 Å². The van der Waals surface area contributed by atoms with Gasteiger partial charge in [-0.25, -0.2) is 0 Å². The van der Waals surface area contributed by atoms with Gasteiger partial charge in [-0.3, -0.25) is 4.79 Å². The van der Waals surface area contributed by atoms with Crippen LogP contribution in [0.15, 0.2) is 24.3 Å². The molecule has 0 bridgehead atoms. The SMILES string of the molecule is COc1cc2c(c(O)c1O)C(=O)CC(c1cc(C)cc(Cl)c1)O2. The van der Waals surface area contributed by atoms with Crippen LogP contribution in [0.25, 0.3) is 0 Å². The normalized spacial score (nSPS) is 16.7. The molecule has 120 valence electrons. The van der Waals surface area contributed by atoms with Crippen molar-refractivity contribution >= 4 is 17.4 Å². The molecule has 23 heavy (non-hydrogen) atoms. The lowest BCUT2D eigenvalue weighted by molar-refractivity contribution is 0.0843. The van der Waals surface area contributed by atoms with E-state index in [0.717, 1.165) is 11.1 Å². The highest BCUT2D eigenvalue weighted by Gasteiger charge is 2.33. The maximum atomic E-state index is 12.4. The topological polar surface area (TPSA) is 76.0 Å². The van der Waals surface area contributed by atoms with E-state index in [9.17, 15) is 15.0 Å². The van der Waals surface area contributed by atoms with E-state index in [-0.39, 0.29) is 29.3 Å². The van der Waals surface area contributed by atoms with Crippen molar-refractivity contribution in [1.82, 2.24) is 0 Å². The van der Waals surface area contributed by atoms with Gasteiger partial charge in [0, 0.05) is 11.1 Å². The van der Waals surface area contributed by atoms with E-state index >= 15 is 0 Å². The second-order valence-electron chi connectivity index (χ2n) is 5.44. The lowest BCUT2D eigenvalue weighted by Crippen LogP contribution is -2.20. The zero-order valence-electron chi connectivity index (χ0n) is 12.6. The third-order valence-corrected chi connectivity index (χ3v) is 4.00. The minimum atomic E-state index is -0.523. The van der Waals surface area contributed by atoms with Gasteiger partial charge in [-0.05, 0) is 30.2 Å². The van der Waals surface area contributed by atoms with E-state index < -0.39 is 17.6 Å². The number of fused-ring (bicyclic) bond motifs is 1. The lowest BCUT2D eigenvalue weighted by Gasteiger charge is -2.27. The third kappa shape index (κ3) is 2.68. The number of Topliss-reactive ketones (excluding diaryl/α,β-unsaturated/α-hetero) is 1. The fourth-order valence-electron chi connectivity index (χ4n) is 2.73. The van der Waals surface area contributed by atoms with Gasteiger partial charge in [-0.2, -0.15) is 0 Å². The molecule has 0 saturated heterocycles. The van der Waals surface area contributed by atoms with Gasteiger partial charge in [0.25, 0.3) is 0 Å². The van der Waals surface area contributed by atoms with Crippen LogP contribution in [-0.2, 0) is 0 Å². The van der Waals surface area contributed by atoms with E-state index in [0.29, 0.717) is 5.02 Å². The highest BCUT2D eigenvalue weighted by atomic mass is 35.5. The predicted octanol–water partition coefficient (Wildman–Crippen LogP) is 3.77. The van der Waals surface area contributed by atoms with Crippen LogP contribution in [-0.4, -0.2) is 23.1 Å². The molecule has 0 spiro atoms. The first-order valence-electron chi connectivity index (χ1n) is 7.00. The number of hydrogen-bond acceptors (Lipinski definition) is 5. The number of carbonyl (C=O) groups excluding carboxylic acids is 1. The second kappa shape index (κ2) is 5.66. The number of phenolic OH excluding ortho intramolecular Hbond substituents is 2. The number of rotatable bonds is 2. The molecule has 0 saturated carbocycles. The van der Waals surface area contributed by atoms with Crippen LogP contribution in [0.5, 0.6) is 23.0 Å². The van der Waals surface area contributed by atoms with Gasteiger partial charge in [-0.1, -0.05) is 17.7 Å². The number of phenols is 2. The van der Waals surface area contributed by atoms with Gasteiger partial charge >= 0.3 is 0 Å². The average molecular weight is 335 g/mol. The number of aromatic hydroxyl groups is 2. The highest BCUT2D eigenvalue weighted by Crippen LogP contribution is 2.48. The fraction of sp³-hybridized carbons (Fsp3) is 0.235. The summed E-state index contributed by atoms with van der Waals surface area (Å²) < 4.78 is 10.8. The molecule has 0 aromatic heterocycles. The Bertz CT molecular complexity index is 780. The van der Waals surface area contributed by atoms with E-state index in [1.165, 1.54) is 13.2 Å². The second-order valence-corrected chi connectivity index (χ2v) is 5.88. The quantitative estimate of drug-likeness (QED) is 0.817. The molecular weight excluding hydrogens is 320 g/mol. The number of ether oxygens (including phenoxy) is 2. The average Bonchev–Trinajstić information content (AvgIpc) is 2.49. The highest BCUT2D eigenvalue weighted by molar-refractivity contribution is 6.30. The maximum absolute atomic E-state index is 12.4. The molecule has 5 nitrogen and oxygen atoms in total. The van der Waals surface area contributed by atoms with Gasteiger partial charge < -0.3 is 19.7 Å². The number of methoxy groups -OCH3 is 1. The van der Waals surface area contributed by atoms with Gasteiger partial charge in [-0.15, -0.1) is 0 Å². The number of hydrogen-bond donors (Lipinski definition) is 2. The Labute approximate surface area is 138 Å². The van der Waals surface area contributed by atoms with Crippen molar-refractivity contribution in [2.24, 2.45) is 0 Å². The molecule has 0 fully saturated rings. The molecule has 0 amide bonds. The molecule has 1 aliphatic heterocycles. The van der Waals surface area contributed by atoms with E-state index in [1.54, 1.807) is 6.07 Å². The molecule has 2 aromatic carbocycles. The van der Waals surface area contributed by atoms with Crippen LogP contribution < -0.4 is 9.47 Å². The van der Waals surface area contributed by atoms with Gasteiger partial charge in [0.1, 0.15) is 17.4 Å². The van der Waals surface area contributed by atoms with Crippen LogP contribution in [0.1, 0.15) is 34.0 Å². The smallest absolute Gasteiger partial charge is 0.201 e. The number of carbonyl (C=O) groups is 1. The van der Waals surface area contributed by atoms with Crippen molar-refractivity contribution in [2.45, 2.75) is 19.4 Å². The summed E-state index contributed by atoms with van der Waals surface area (Å²) in [5, 5.41) is 20.4. The van der Waals surface area contributed by atoms with Crippen molar-refractivity contribution in [3.63, 3.8) is 0 Å². The first-order chi connectivity index (χ1) is 10.9. The Balaban J connectivity index is 2.06. The summed E-state index contributed by atoms with van der Waals surface area (Å²) in [6.45, 7) is 1.90. The molecule has 1 heterocycles.